The number of aromatic nitrogens is 2. The Balaban J connectivity index is 1.95. The third-order valence-corrected chi connectivity index (χ3v) is 3.27. The quantitative estimate of drug-likeness (QED) is 0.707. The van der Waals surface area contributed by atoms with Crippen LogP contribution < -0.4 is 10.6 Å². The lowest BCUT2D eigenvalue weighted by Crippen LogP contribution is -2.30. The van der Waals surface area contributed by atoms with Crippen LogP contribution in [-0.2, 0) is 4.79 Å². The van der Waals surface area contributed by atoms with E-state index in [9.17, 15) is 9.59 Å². The number of rotatable bonds is 6. The van der Waals surface area contributed by atoms with Crippen molar-refractivity contribution in [2.24, 2.45) is 0 Å². The van der Waals surface area contributed by atoms with Crippen LogP contribution >= 0.6 is 11.6 Å². The number of nitrogens with one attached hydrogen (secondary N) is 2. The summed E-state index contributed by atoms with van der Waals surface area (Å²) >= 11 is 5.97. The molecule has 0 aliphatic carbocycles. The SMILES string of the molecule is Cc1cc(NC(=O)NCCCC(=O)O)nn1-c1cccc(Cl)c1. The zero-order valence-corrected chi connectivity index (χ0v) is 13.3. The topological polar surface area (TPSA) is 96.2 Å². The zero-order valence-electron chi connectivity index (χ0n) is 12.5. The molecular weight excluding hydrogens is 320 g/mol. The predicted molar refractivity (Wildman–Crippen MR) is 87.2 cm³/mol. The molecule has 23 heavy (non-hydrogen) atoms. The molecule has 7 nitrogen and oxygen atoms in total. The van der Waals surface area contributed by atoms with Crippen molar-refractivity contribution in [2.75, 3.05) is 11.9 Å². The molecule has 2 amide bonds. The van der Waals surface area contributed by atoms with Crippen LogP contribution in [0.3, 0.4) is 0 Å². The number of halogens is 1. The second-order valence-electron chi connectivity index (χ2n) is 4.94. The Morgan fingerprint density at radius 3 is 2.83 bits per heavy atom. The van der Waals surface area contributed by atoms with Crippen LogP contribution in [0.15, 0.2) is 30.3 Å². The Labute approximate surface area is 138 Å². The van der Waals surface area contributed by atoms with Gasteiger partial charge in [-0.3, -0.25) is 10.1 Å². The number of amides is 2. The summed E-state index contributed by atoms with van der Waals surface area (Å²) in [5, 5.41) is 18.6. The highest BCUT2D eigenvalue weighted by Gasteiger charge is 2.09. The lowest BCUT2D eigenvalue weighted by molar-refractivity contribution is -0.137. The summed E-state index contributed by atoms with van der Waals surface area (Å²) in [5.74, 6) is -0.485. The van der Waals surface area contributed by atoms with Crippen molar-refractivity contribution in [3.05, 3.63) is 41.0 Å². The second kappa shape index (κ2) is 7.64. The maximum Gasteiger partial charge on any atom is 0.320 e. The number of carboxylic acid groups (broad SMARTS) is 1. The Morgan fingerprint density at radius 1 is 1.35 bits per heavy atom. The van der Waals surface area contributed by atoms with Gasteiger partial charge in [0.1, 0.15) is 0 Å². The van der Waals surface area contributed by atoms with Crippen molar-refractivity contribution in [2.45, 2.75) is 19.8 Å². The van der Waals surface area contributed by atoms with Gasteiger partial charge in [-0.1, -0.05) is 17.7 Å². The van der Waals surface area contributed by atoms with E-state index in [4.69, 9.17) is 16.7 Å². The van der Waals surface area contributed by atoms with Crippen molar-refractivity contribution in [1.29, 1.82) is 0 Å². The zero-order chi connectivity index (χ0) is 16.8. The molecule has 1 aromatic heterocycles. The Morgan fingerprint density at radius 2 is 2.13 bits per heavy atom. The van der Waals surface area contributed by atoms with Crippen LogP contribution in [0.5, 0.6) is 0 Å². The molecule has 2 aromatic rings. The molecular formula is C15H17ClN4O3. The number of anilines is 1. The molecule has 0 radical (unpaired) electrons. The minimum atomic E-state index is -0.886. The molecule has 0 spiro atoms. The average molecular weight is 337 g/mol. The molecule has 3 N–H and O–H groups in total. The normalized spacial score (nSPS) is 10.3. The minimum absolute atomic E-state index is 0.0166. The van der Waals surface area contributed by atoms with Crippen molar-refractivity contribution >= 4 is 29.4 Å². The highest BCUT2D eigenvalue weighted by molar-refractivity contribution is 6.30. The molecule has 2 rings (SSSR count). The molecule has 0 aliphatic heterocycles. The monoisotopic (exact) mass is 336 g/mol. The fourth-order valence-electron chi connectivity index (χ4n) is 2.01. The van der Waals surface area contributed by atoms with E-state index in [1.54, 1.807) is 22.9 Å². The third kappa shape index (κ3) is 5.00. The average Bonchev–Trinajstić information content (AvgIpc) is 2.84. The summed E-state index contributed by atoms with van der Waals surface area (Å²) in [6.07, 6.45) is 0.390. The molecule has 0 aliphatic rings. The first-order chi connectivity index (χ1) is 11.0. The second-order valence-corrected chi connectivity index (χ2v) is 5.38. The van der Waals surface area contributed by atoms with Gasteiger partial charge < -0.3 is 10.4 Å². The molecule has 1 heterocycles. The summed E-state index contributed by atoms with van der Waals surface area (Å²) in [6.45, 7) is 2.15. The van der Waals surface area contributed by atoms with Gasteiger partial charge in [-0.05, 0) is 31.5 Å². The first-order valence-corrected chi connectivity index (χ1v) is 7.43. The van der Waals surface area contributed by atoms with Crippen LogP contribution in [0.1, 0.15) is 18.5 Å². The first-order valence-electron chi connectivity index (χ1n) is 7.05. The number of carbonyl (C=O) groups is 2. The Bertz CT molecular complexity index is 714. The summed E-state index contributed by atoms with van der Waals surface area (Å²) in [4.78, 5) is 22.1. The standard InChI is InChI=1S/C15H17ClN4O3/c1-10-8-13(18-15(23)17-7-3-6-14(21)22)19-20(10)12-5-2-4-11(16)9-12/h2,4-5,8-9H,3,6-7H2,1H3,(H,21,22)(H2,17,18,19,23). The fraction of sp³-hybridized carbons (Fsp3) is 0.267. The minimum Gasteiger partial charge on any atom is -0.481 e. The maximum absolute atomic E-state index is 11.7. The Kier molecular flexibility index (Phi) is 5.59. The smallest absolute Gasteiger partial charge is 0.320 e. The van der Waals surface area contributed by atoms with E-state index in [1.807, 2.05) is 19.1 Å². The van der Waals surface area contributed by atoms with Crippen LogP contribution in [0.2, 0.25) is 5.02 Å². The summed E-state index contributed by atoms with van der Waals surface area (Å²) in [5.41, 5.74) is 1.64. The van der Waals surface area contributed by atoms with Crippen LogP contribution in [0.25, 0.3) is 5.69 Å². The van der Waals surface area contributed by atoms with Gasteiger partial charge in [-0.15, -0.1) is 5.10 Å². The molecule has 0 bridgehead atoms. The van der Waals surface area contributed by atoms with E-state index in [0.29, 0.717) is 17.3 Å². The summed E-state index contributed by atoms with van der Waals surface area (Å²) in [6, 6.07) is 8.54. The number of nitrogens with zero attached hydrogens (tertiary/aromatic N) is 2. The number of hydrogen-bond acceptors (Lipinski definition) is 3. The first kappa shape index (κ1) is 16.8. The van der Waals surface area contributed by atoms with Crippen molar-refractivity contribution in [3.63, 3.8) is 0 Å². The van der Waals surface area contributed by atoms with Crippen LogP contribution in [0, 0.1) is 6.92 Å². The molecule has 0 unspecified atom stereocenters. The number of hydrogen-bond donors (Lipinski definition) is 3. The maximum atomic E-state index is 11.7. The van der Waals surface area contributed by atoms with Crippen molar-refractivity contribution in [3.8, 4) is 5.69 Å². The number of aliphatic carboxylic acids is 1. The van der Waals surface area contributed by atoms with Gasteiger partial charge in [0.15, 0.2) is 5.82 Å². The Hall–Kier alpha value is -2.54. The van der Waals surface area contributed by atoms with E-state index < -0.39 is 12.0 Å². The summed E-state index contributed by atoms with van der Waals surface area (Å²) < 4.78 is 1.67. The van der Waals surface area contributed by atoms with Gasteiger partial charge in [0.25, 0.3) is 0 Å². The van der Waals surface area contributed by atoms with Crippen molar-refractivity contribution in [1.82, 2.24) is 15.1 Å². The molecule has 0 saturated heterocycles. The lowest BCUT2D eigenvalue weighted by atomic mass is 10.3. The molecule has 0 saturated carbocycles. The highest BCUT2D eigenvalue weighted by atomic mass is 35.5. The lowest BCUT2D eigenvalue weighted by Gasteiger charge is -2.05. The molecule has 8 heteroatoms. The van der Waals surface area contributed by atoms with E-state index >= 15 is 0 Å². The van der Waals surface area contributed by atoms with Crippen LogP contribution in [-0.4, -0.2) is 33.4 Å². The number of urea groups is 1. The van der Waals surface area contributed by atoms with E-state index in [2.05, 4.69) is 15.7 Å². The van der Waals surface area contributed by atoms with E-state index in [1.165, 1.54) is 0 Å². The fourth-order valence-corrected chi connectivity index (χ4v) is 2.19. The third-order valence-electron chi connectivity index (χ3n) is 3.03. The van der Waals surface area contributed by atoms with E-state index in [-0.39, 0.29) is 13.0 Å². The van der Waals surface area contributed by atoms with Crippen LogP contribution in [0.4, 0.5) is 10.6 Å². The number of carboxylic acids is 1. The largest absolute Gasteiger partial charge is 0.481 e. The molecule has 122 valence electrons. The summed E-state index contributed by atoms with van der Waals surface area (Å²) in [7, 11) is 0. The van der Waals surface area contributed by atoms with Crippen molar-refractivity contribution < 1.29 is 14.7 Å². The van der Waals surface area contributed by atoms with Gasteiger partial charge >= 0.3 is 12.0 Å². The molecule has 1 aromatic carbocycles. The number of carbonyl (C=O) groups excluding carboxylic acids is 1. The predicted octanol–water partition coefficient (Wildman–Crippen LogP) is 2.82. The van der Waals surface area contributed by atoms with Gasteiger partial charge in [0.2, 0.25) is 0 Å². The van der Waals surface area contributed by atoms with Gasteiger partial charge in [-0.25, -0.2) is 9.48 Å². The number of aryl methyl sites for hydroxylation is 1. The number of benzene rings is 1. The molecule has 0 atom stereocenters. The molecule has 0 fully saturated rings. The van der Waals surface area contributed by atoms with Gasteiger partial charge in [0, 0.05) is 29.7 Å². The van der Waals surface area contributed by atoms with E-state index in [0.717, 1.165) is 11.4 Å². The van der Waals surface area contributed by atoms with Gasteiger partial charge in [0.05, 0.1) is 5.69 Å². The van der Waals surface area contributed by atoms with Gasteiger partial charge in [-0.2, -0.15) is 0 Å². The highest BCUT2D eigenvalue weighted by Crippen LogP contribution is 2.18.